The molecule has 7 heteroatoms. The molecule has 6 nitrogen and oxygen atoms in total. The zero-order valence-corrected chi connectivity index (χ0v) is 11.6. The van der Waals surface area contributed by atoms with Crippen LogP contribution in [0.2, 0.25) is 0 Å². The van der Waals surface area contributed by atoms with Crippen molar-refractivity contribution in [3.63, 3.8) is 0 Å². The molecule has 1 aliphatic carbocycles. The van der Waals surface area contributed by atoms with Crippen LogP contribution in [0.25, 0.3) is 0 Å². The van der Waals surface area contributed by atoms with E-state index >= 15 is 0 Å². The Bertz CT molecular complexity index is 608. The van der Waals surface area contributed by atoms with E-state index in [9.17, 15) is 4.79 Å². The van der Waals surface area contributed by atoms with Gasteiger partial charge in [0.2, 0.25) is 11.9 Å². The predicted octanol–water partition coefficient (Wildman–Crippen LogP) is 1.93. The largest absolute Gasteiger partial charge is 0.368 e. The van der Waals surface area contributed by atoms with Gasteiger partial charge in [-0.25, -0.2) is 0 Å². The van der Waals surface area contributed by atoms with Crippen molar-refractivity contribution >= 4 is 29.3 Å². The summed E-state index contributed by atoms with van der Waals surface area (Å²) in [5.41, 5.74) is 6.58. The van der Waals surface area contributed by atoms with Gasteiger partial charge in [-0.3, -0.25) is 9.36 Å². The molecule has 3 N–H and O–H groups in total. The van der Waals surface area contributed by atoms with Gasteiger partial charge in [-0.05, 0) is 25.0 Å². The minimum absolute atomic E-state index is 0.0647. The number of thioether (sulfide) groups is 1. The molecule has 0 atom stereocenters. The number of amides is 1. The van der Waals surface area contributed by atoms with Crippen LogP contribution in [0.1, 0.15) is 18.9 Å². The van der Waals surface area contributed by atoms with E-state index in [2.05, 4.69) is 15.5 Å². The molecule has 0 saturated heterocycles. The average Bonchev–Trinajstić information content (AvgIpc) is 3.21. The van der Waals surface area contributed by atoms with Gasteiger partial charge < -0.3 is 11.1 Å². The lowest BCUT2D eigenvalue weighted by molar-refractivity contribution is -0.113. The van der Waals surface area contributed by atoms with Crippen molar-refractivity contribution in [1.82, 2.24) is 14.8 Å². The molecule has 1 aromatic carbocycles. The van der Waals surface area contributed by atoms with Gasteiger partial charge in [0.05, 0.1) is 5.75 Å². The standard InChI is InChI=1S/C13H15N5OS/c14-12-16-17-13(18(12)10-6-7-10)20-8-11(19)15-9-4-2-1-3-5-9/h1-5,10H,6-8H2,(H2,14,16)(H,15,19). The van der Waals surface area contributed by atoms with Gasteiger partial charge in [-0.1, -0.05) is 30.0 Å². The lowest BCUT2D eigenvalue weighted by Gasteiger charge is -2.06. The number of aromatic nitrogens is 3. The van der Waals surface area contributed by atoms with Crippen LogP contribution in [0.3, 0.4) is 0 Å². The molecule has 1 aliphatic rings. The number of carbonyl (C=O) groups is 1. The molecule has 1 heterocycles. The third-order valence-electron chi connectivity index (χ3n) is 2.99. The highest BCUT2D eigenvalue weighted by Gasteiger charge is 2.29. The number of nitrogen functional groups attached to an aromatic ring is 1. The fourth-order valence-electron chi connectivity index (χ4n) is 1.91. The highest BCUT2D eigenvalue weighted by Crippen LogP contribution is 2.39. The second kappa shape index (κ2) is 5.54. The van der Waals surface area contributed by atoms with Crippen molar-refractivity contribution in [2.24, 2.45) is 0 Å². The number of hydrogen-bond donors (Lipinski definition) is 2. The van der Waals surface area contributed by atoms with E-state index in [4.69, 9.17) is 5.73 Å². The minimum Gasteiger partial charge on any atom is -0.368 e. The molecule has 20 heavy (non-hydrogen) atoms. The smallest absolute Gasteiger partial charge is 0.234 e. The Morgan fingerprint density at radius 3 is 2.80 bits per heavy atom. The van der Waals surface area contributed by atoms with Gasteiger partial charge in [0.25, 0.3) is 0 Å². The van der Waals surface area contributed by atoms with Crippen LogP contribution in [0, 0.1) is 0 Å². The Balaban J connectivity index is 1.58. The first-order chi connectivity index (χ1) is 9.74. The van der Waals surface area contributed by atoms with Gasteiger partial charge >= 0.3 is 0 Å². The zero-order valence-electron chi connectivity index (χ0n) is 10.8. The van der Waals surface area contributed by atoms with Crippen LogP contribution < -0.4 is 11.1 Å². The molecule has 0 bridgehead atoms. The summed E-state index contributed by atoms with van der Waals surface area (Å²) in [6.45, 7) is 0. The first-order valence-corrected chi connectivity index (χ1v) is 7.40. The van der Waals surface area contributed by atoms with E-state index < -0.39 is 0 Å². The zero-order chi connectivity index (χ0) is 13.9. The molecule has 104 valence electrons. The number of benzene rings is 1. The molecule has 1 saturated carbocycles. The van der Waals surface area contributed by atoms with Crippen LogP contribution in [0.15, 0.2) is 35.5 Å². The normalized spacial score (nSPS) is 14.2. The number of nitrogens with zero attached hydrogens (tertiary/aromatic N) is 3. The van der Waals surface area contributed by atoms with Crippen LogP contribution in [0.5, 0.6) is 0 Å². The second-order valence-corrected chi connectivity index (χ2v) is 5.59. The predicted molar refractivity (Wildman–Crippen MR) is 78.5 cm³/mol. The fourth-order valence-corrected chi connectivity index (χ4v) is 2.72. The molecule has 0 spiro atoms. The van der Waals surface area contributed by atoms with Gasteiger partial charge in [0, 0.05) is 11.7 Å². The third-order valence-corrected chi connectivity index (χ3v) is 3.94. The Kier molecular flexibility index (Phi) is 3.60. The Morgan fingerprint density at radius 2 is 2.10 bits per heavy atom. The first-order valence-electron chi connectivity index (χ1n) is 6.42. The van der Waals surface area contributed by atoms with E-state index in [0.29, 0.717) is 22.9 Å². The van der Waals surface area contributed by atoms with Crippen LogP contribution >= 0.6 is 11.8 Å². The summed E-state index contributed by atoms with van der Waals surface area (Å²) in [4.78, 5) is 11.9. The van der Waals surface area contributed by atoms with Crippen LogP contribution in [-0.4, -0.2) is 26.4 Å². The molecule has 1 amide bonds. The summed E-state index contributed by atoms with van der Waals surface area (Å²) in [6, 6.07) is 9.79. The van der Waals surface area contributed by atoms with Crippen molar-refractivity contribution in [2.75, 3.05) is 16.8 Å². The quantitative estimate of drug-likeness (QED) is 0.821. The molecule has 0 radical (unpaired) electrons. The van der Waals surface area contributed by atoms with Crippen molar-refractivity contribution < 1.29 is 4.79 Å². The van der Waals surface area contributed by atoms with E-state index in [1.54, 1.807) is 0 Å². The molecule has 3 rings (SSSR count). The van der Waals surface area contributed by atoms with E-state index in [1.165, 1.54) is 11.8 Å². The SMILES string of the molecule is Nc1nnc(SCC(=O)Nc2ccccc2)n1C1CC1. The maximum Gasteiger partial charge on any atom is 0.234 e. The van der Waals surface area contributed by atoms with Crippen molar-refractivity contribution in [1.29, 1.82) is 0 Å². The van der Waals surface area contributed by atoms with Crippen LogP contribution in [0.4, 0.5) is 11.6 Å². The Morgan fingerprint density at radius 1 is 1.35 bits per heavy atom. The lowest BCUT2D eigenvalue weighted by atomic mass is 10.3. The second-order valence-electron chi connectivity index (χ2n) is 4.64. The van der Waals surface area contributed by atoms with E-state index in [-0.39, 0.29) is 5.91 Å². The number of nitrogens with one attached hydrogen (secondary N) is 1. The molecule has 1 aromatic heterocycles. The molecular weight excluding hydrogens is 274 g/mol. The minimum atomic E-state index is -0.0647. The van der Waals surface area contributed by atoms with Gasteiger partial charge in [0.15, 0.2) is 5.16 Å². The monoisotopic (exact) mass is 289 g/mol. The lowest BCUT2D eigenvalue weighted by Crippen LogP contribution is -2.14. The number of hydrogen-bond acceptors (Lipinski definition) is 5. The van der Waals surface area contributed by atoms with E-state index in [1.807, 2.05) is 34.9 Å². The highest BCUT2D eigenvalue weighted by atomic mass is 32.2. The highest BCUT2D eigenvalue weighted by molar-refractivity contribution is 7.99. The number of anilines is 2. The number of rotatable bonds is 5. The summed E-state index contributed by atoms with van der Waals surface area (Å²) in [7, 11) is 0. The number of para-hydroxylation sites is 1. The summed E-state index contributed by atoms with van der Waals surface area (Å²) in [5.74, 6) is 0.656. The van der Waals surface area contributed by atoms with Gasteiger partial charge in [-0.2, -0.15) is 0 Å². The average molecular weight is 289 g/mol. The Hall–Kier alpha value is -2.02. The number of nitrogens with two attached hydrogens (primary N) is 1. The molecule has 0 unspecified atom stereocenters. The topological polar surface area (TPSA) is 85.8 Å². The van der Waals surface area contributed by atoms with E-state index in [0.717, 1.165) is 18.5 Å². The molecule has 1 fully saturated rings. The van der Waals surface area contributed by atoms with Crippen LogP contribution in [-0.2, 0) is 4.79 Å². The molecule has 2 aromatic rings. The Labute approximate surface area is 120 Å². The fraction of sp³-hybridized carbons (Fsp3) is 0.308. The summed E-state index contributed by atoms with van der Waals surface area (Å²) in [5, 5.41) is 11.5. The molecule has 0 aliphatic heterocycles. The number of carbonyl (C=O) groups excluding carboxylic acids is 1. The van der Waals surface area contributed by atoms with Crippen molar-refractivity contribution in [3.05, 3.63) is 30.3 Å². The summed E-state index contributed by atoms with van der Waals surface area (Å²) in [6.07, 6.45) is 2.21. The van der Waals surface area contributed by atoms with Gasteiger partial charge in [-0.15, -0.1) is 10.2 Å². The van der Waals surface area contributed by atoms with Crippen molar-refractivity contribution in [2.45, 2.75) is 24.0 Å². The summed E-state index contributed by atoms with van der Waals surface area (Å²) < 4.78 is 1.92. The molecular formula is C13H15N5OS. The maximum absolute atomic E-state index is 11.9. The van der Waals surface area contributed by atoms with Gasteiger partial charge in [0.1, 0.15) is 0 Å². The maximum atomic E-state index is 11.9. The summed E-state index contributed by atoms with van der Waals surface area (Å²) >= 11 is 1.36. The van der Waals surface area contributed by atoms with Crippen molar-refractivity contribution in [3.8, 4) is 0 Å². The third kappa shape index (κ3) is 2.93. The first kappa shape index (κ1) is 13.0.